The van der Waals surface area contributed by atoms with Crippen LogP contribution in [0.3, 0.4) is 0 Å². The van der Waals surface area contributed by atoms with Gasteiger partial charge in [-0.2, -0.15) is 0 Å². The van der Waals surface area contributed by atoms with E-state index in [0.717, 1.165) is 44.3 Å². The second-order valence-corrected chi connectivity index (χ2v) is 10.1. The van der Waals surface area contributed by atoms with Crippen molar-refractivity contribution in [3.8, 4) is 0 Å². The molecule has 0 spiro atoms. The minimum Gasteiger partial charge on any atom is -0.465 e. The van der Waals surface area contributed by atoms with Crippen LogP contribution in [0.1, 0.15) is 48.5 Å². The molecule has 0 bridgehead atoms. The van der Waals surface area contributed by atoms with Crippen LogP contribution >= 0.6 is 11.8 Å². The van der Waals surface area contributed by atoms with Gasteiger partial charge in [0.25, 0.3) is 5.56 Å². The van der Waals surface area contributed by atoms with Gasteiger partial charge in [0.05, 0.1) is 28.8 Å². The molecule has 2 aromatic carbocycles. The molecule has 1 aromatic heterocycles. The zero-order valence-corrected chi connectivity index (χ0v) is 21.1. The Kier molecular flexibility index (Phi) is 8.23. The highest BCUT2D eigenvalue weighted by atomic mass is 32.2. The number of ether oxygens (including phenoxy) is 1. The largest absolute Gasteiger partial charge is 0.465 e. The van der Waals surface area contributed by atoms with Crippen LogP contribution in [0, 0.1) is 0 Å². The topological polar surface area (TPSA) is 81.5 Å². The molecule has 1 unspecified atom stereocenters. The van der Waals surface area contributed by atoms with Crippen molar-refractivity contribution in [3.63, 3.8) is 0 Å². The molecule has 1 amide bonds. The van der Waals surface area contributed by atoms with Crippen molar-refractivity contribution in [2.75, 3.05) is 20.2 Å². The summed E-state index contributed by atoms with van der Waals surface area (Å²) in [6.07, 6.45) is 5.01. The number of hydrogen-bond acceptors (Lipinski definition) is 6. The molecule has 8 heteroatoms. The van der Waals surface area contributed by atoms with Crippen molar-refractivity contribution in [1.82, 2.24) is 14.5 Å². The van der Waals surface area contributed by atoms with E-state index in [-0.39, 0.29) is 16.7 Å². The molecule has 35 heavy (non-hydrogen) atoms. The van der Waals surface area contributed by atoms with Gasteiger partial charge in [0.1, 0.15) is 0 Å². The normalized spacial score (nSPS) is 15.0. The third kappa shape index (κ3) is 5.93. The molecule has 1 aliphatic rings. The van der Waals surface area contributed by atoms with Gasteiger partial charge in [0, 0.05) is 19.6 Å². The zero-order chi connectivity index (χ0) is 24.8. The minimum absolute atomic E-state index is 0.0733. The number of aryl methyl sites for hydroxylation is 1. The molecule has 184 valence electrons. The first kappa shape index (κ1) is 25.0. The Labute approximate surface area is 209 Å². The fraction of sp³-hybridized carbons (Fsp3) is 0.407. The number of benzene rings is 2. The van der Waals surface area contributed by atoms with Crippen LogP contribution < -0.4 is 5.56 Å². The van der Waals surface area contributed by atoms with E-state index in [0.29, 0.717) is 34.6 Å². The Bertz CT molecular complexity index is 1250. The molecule has 3 aromatic rings. The maximum atomic E-state index is 13.5. The first-order valence-electron chi connectivity index (χ1n) is 12.1. The molecule has 0 saturated carbocycles. The molecular formula is C27H31N3O4S. The van der Waals surface area contributed by atoms with E-state index >= 15 is 0 Å². The van der Waals surface area contributed by atoms with Gasteiger partial charge in [-0.3, -0.25) is 14.2 Å². The molecule has 0 N–H and O–H groups in total. The van der Waals surface area contributed by atoms with Crippen LogP contribution in [-0.2, 0) is 22.5 Å². The van der Waals surface area contributed by atoms with Crippen LogP contribution in [-0.4, -0.2) is 51.8 Å². The summed E-state index contributed by atoms with van der Waals surface area (Å²) in [5.41, 5.74) is 1.69. The third-order valence-corrected chi connectivity index (χ3v) is 7.43. The highest BCUT2D eigenvalue weighted by Crippen LogP contribution is 2.26. The Morgan fingerprint density at radius 3 is 2.46 bits per heavy atom. The van der Waals surface area contributed by atoms with Crippen LogP contribution in [0.15, 0.2) is 58.5 Å². The predicted octanol–water partition coefficient (Wildman–Crippen LogP) is 4.31. The number of amides is 1. The number of carbonyl (C=O) groups excluding carboxylic acids is 2. The number of aromatic nitrogens is 2. The highest BCUT2D eigenvalue weighted by molar-refractivity contribution is 8.00. The number of rotatable bonds is 7. The van der Waals surface area contributed by atoms with Gasteiger partial charge < -0.3 is 9.64 Å². The fourth-order valence-corrected chi connectivity index (χ4v) is 5.39. The van der Waals surface area contributed by atoms with Gasteiger partial charge in [0.2, 0.25) is 5.91 Å². The van der Waals surface area contributed by atoms with Crippen LogP contribution in [0.25, 0.3) is 10.9 Å². The molecule has 0 aliphatic carbocycles. The summed E-state index contributed by atoms with van der Waals surface area (Å²) in [6.45, 7) is 3.87. The number of esters is 1. The van der Waals surface area contributed by atoms with Crippen molar-refractivity contribution < 1.29 is 14.3 Å². The van der Waals surface area contributed by atoms with Gasteiger partial charge >= 0.3 is 5.97 Å². The minimum atomic E-state index is -0.485. The monoisotopic (exact) mass is 493 g/mol. The van der Waals surface area contributed by atoms with Gasteiger partial charge in [-0.15, -0.1) is 0 Å². The predicted molar refractivity (Wildman–Crippen MR) is 138 cm³/mol. The second kappa shape index (κ2) is 11.5. The lowest BCUT2D eigenvalue weighted by Crippen LogP contribution is -2.37. The van der Waals surface area contributed by atoms with Gasteiger partial charge in [-0.05, 0) is 49.9 Å². The summed E-state index contributed by atoms with van der Waals surface area (Å²) < 4.78 is 6.48. The molecule has 1 saturated heterocycles. The van der Waals surface area contributed by atoms with Crippen molar-refractivity contribution in [3.05, 3.63) is 70.0 Å². The van der Waals surface area contributed by atoms with E-state index in [2.05, 4.69) is 0 Å². The summed E-state index contributed by atoms with van der Waals surface area (Å²) in [7, 11) is 1.32. The van der Waals surface area contributed by atoms with Gasteiger partial charge in [-0.25, -0.2) is 9.78 Å². The number of thioether (sulfide) groups is 1. The van der Waals surface area contributed by atoms with Crippen LogP contribution in [0.5, 0.6) is 0 Å². The number of methoxy groups -OCH3 is 1. The van der Waals surface area contributed by atoms with Crippen molar-refractivity contribution in [2.45, 2.75) is 56.0 Å². The molecule has 1 fully saturated rings. The second-order valence-electron chi connectivity index (χ2n) is 8.81. The quantitative estimate of drug-likeness (QED) is 0.277. The average molecular weight is 494 g/mol. The first-order valence-corrected chi connectivity index (χ1v) is 13.0. The molecule has 1 aliphatic heterocycles. The summed E-state index contributed by atoms with van der Waals surface area (Å²) in [6, 6.07) is 14.7. The number of likely N-dealkylation sites (tertiary alicyclic amines) is 1. The van der Waals surface area contributed by atoms with Crippen molar-refractivity contribution in [2.24, 2.45) is 0 Å². The number of hydrogen-bond donors (Lipinski definition) is 0. The molecule has 1 atom stereocenters. The number of fused-ring (bicyclic) bond motifs is 1. The lowest BCUT2D eigenvalue weighted by Gasteiger charge is -2.24. The van der Waals surface area contributed by atoms with E-state index in [1.165, 1.54) is 18.9 Å². The first-order chi connectivity index (χ1) is 17.0. The van der Waals surface area contributed by atoms with Crippen molar-refractivity contribution in [1.29, 1.82) is 0 Å². The van der Waals surface area contributed by atoms with E-state index in [1.807, 2.05) is 42.2 Å². The van der Waals surface area contributed by atoms with Gasteiger partial charge in [-0.1, -0.05) is 54.9 Å². The maximum Gasteiger partial charge on any atom is 0.337 e. The third-order valence-electron chi connectivity index (χ3n) is 6.36. The van der Waals surface area contributed by atoms with Crippen LogP contribution in [0.2, 0.25) is 0 Å². The fourth-order valence-electron chi connectivity index (χ4n) is 4.37. The molecule has 4 rings (SSSR count). The Morgan fingerprint density at radius 2 is 1.77 bits per heavy atom. The smallest absolute Gasteiger partial charge is 0.337 e. The molecule has 2 heterocycles. The Morgan fingerprint density at radius 1 is 1.06 bits per heavy atom. The van der Waals surface area contributed by atoms with E-state index in [9.17, 15) is 14.4 Å². The summed E-state index contributed by atoms with van der Waals surface area (Å²) in [5, 5.41) is 0.530. The zero-order valence-electron chi connectivity index (χ0n) is 20.2. The SMILES string of the molecule is COC(=O)c1ccc2c(=O)n(CCc3ccccc3)c(SC(C)C(=O)N3CCCCCC3)nc2c1. The lowest BCUT2D eigenvalue weighted by atomic mass is 10.1. The molecule has 7 nitrogen and oxygen atoms in total. The standard InChI is InChI=1S/C27H31N3O4S/c1-19(24(31)29-15-8-3-4-9-16-29)35-27-28-23-18-21(26(33)34-2)12-13-22(23)25(32)30(27)17-14-20-10-6-5-7-11-20/h5-7,10-13,18-19H,3-4,8-9,14-17H2,1-2H3. The number of nitrogens with zero attached hydrogens (tertiary/aromatic N) is 3. The lowest BCUT2D eigenvalue weighted by molar-refractivity contribution is -0.130. The van der Waals surface area contributed by atoms with Gasteiger partial charge in [0.15, 0.2) is 5.16 Å². The van der Waals surface area contributed by atoms with Crippen LogP contribution in [0.4, 0.5) is 0 Å². The van der Waals surface area contributed by atoms with Crippen molar-refractivity contribution >= 4 is 34.5 Å². The van der Waals surface area contributed by atoms with E-state index in [4.69, 9.17) is 9.72 Å². The Hall–Kier alpha value is -3.13. The summed E-state index contributed by atoms with van der Waals surface area (Å²) >= 11 is 1.31. The highest BCUT2D eigenvalue weighted by Gasteiger charge is 2.25. The van der Waals surface area contributed by atoms with E-state index < -0.39 is 5.97 Å². The summed E-state index contributed by atoms with van der Waals surface area (Å²) in [4.78, 5) is 45.5. The Balaban J connectivity index is 1.68. The number of carbonyl (C=O) groups is 2. The van der Waals surface area contributed by atoms with E-state index in [1.54, 1.807) is 22.8 Å². The maximum absolute atomic E-state index is 13.5. The molecule has 0 radical (unpaired) electrons. The summed E-state index contributed by atoms with van der Waals surface area (Å²) in [5.74, 6) is -0.412. The average Bonchev–Trinajstić information content (AvgIpc) is 3.17. The molecular weight excluding hydrogens is 462 g/mol.